The number of carbonyl (C=O) groups is 1. The number of sulfonamides is 1. The van der Waals surface area contributed by atoms with Gasteiger partial charge < -0.3 is 5.11 Å². The van der Waals surface area contributed by atoms with Crippen LogP contribution in [0.15, 0.2) is 10.3 Å². The first-order valence-electron chi connectivity index (χ1n) is 5.54. The van der Waals surface area contributed by atoms with E-state index in [2.05, 4.69) is 0 Å². The third-order valence-electron chi connectivity index (χ3n) is 2.54. The SMILES string of the molecule is CCN(CCC#N)S(=O)(=O)c1c(C)csc1C(=O)O. The Balaban J connectivity index is 3.30. The summed E-state index contributed by atoms with van der Waals surface area (Å²) in [5.41, 5.74) is 0.415. The van der Waals surface area contributed by atoms with Crippen molar-refractivity contribution in [2.75, 3.05) is 13.1 Å². The maximum atomic E-state index is 12.4. The van der Waals surface area contributed by atoms with Crippen LogP contribution in [0.25, 0.3) is 0 Å². The molecular weight excluding hydrogens is 288 g/mol. The first kappa shape index (κ1) is 15.6. The van der Waals surface area contributed by atoms with Gasteiger partial charge in [0.05, 0.1) is 6.07 Å². The number of nitrogens with zero attached hydrogens (tertiary/aromatic N) is 2. The smallest absolute Gasteiger partial charge is 0.347 e. The van der Waals surface area contributed by atoms with Crippen molar-refractivity contribution in [2.45, 2.75) is 25.2 Å². The summed E-state index contributed by atoms with van der Waals surface area (Å²) in [5, 5.41) is 19.1. The van der Waals surface area contributed by atoms with Crippen molar-refractivity contribution in [2.24, 2.45) is 0 Å². The molecule has 1 rings (SSSR count). The number of thiophene rings is 1. The van der Waals surface area contributed by atoms with Crippen molar-refractivity contribution in [3.8, 4) is 6.07 Å². The molecule has 0 fully saturated rings. The zero-order chi connectivity index (χ0) is 14.6. The minimum atomic E-state index is -3.87. The van der Waals surface area contributed by atoms with Gasteiger partial charge in [0.1, 0.15) is 9.77 Å². The average molecular weight is 302 g/mol. The normalized spacial score (nSPS) is 11.5. The number of hydrogen-bond acceptors (Lipinski definition) is 5. The van der Waals surface area contributed by atoms with Gasteiger partial charge in [0.15, 0.2) is 0 Å². The fourth-order valence-electron chi connectivity index (χ4n) is 1.65. The van der Waals surface area contributed by atoms with E-state index in [0.717, 1.165) is 15.6 Å². The number of hydrogen-bond donors (Lipinski definition) is 1. The molecule has 0 bridgehead atoms. The van der Waals surface area contributed by atoms with Gasteiger partial charge in [-0.05, 0) is 17.9 Å². The van der Waals surface area contributed by atoms with E-state index < -0.39 is 16.0 Å². The summed E-state index contributed by atoms with van der Waals surface area (Å²) in [6, 6.07) is 1.88. The van der Waals surface area contributed by atoms with E-state index in [1.165, 1.54) is 5.38 Å². The van der Waals surface area contributed by atoms with E-state index in [-0.39, 0.29) is 29.3 Å². The molecule has 1 aromatic rings. The van der Waals surface area contributed by atoms with Crippen molar-refractivity contribution >= 4 is 27.3 Å². The molecule has 1 N–H and O–H groups in total. The summed E-state index contributed by atoms with van der Waals surface area (Å²) < 4.78 is 26.0. The molecule has 0 aliphatic heterocycles. The first-order chi connectivity index (χ1) is 8.86. The monoisotopic (exact) mass is 302 g/mol. The predicted octanol–water partition coefficient (Wildman–Crippen LogP) is 1.68. The molecule has 19 heavy (non-hydrogen) atoms. The third-order valence-corrected chi connectivity index (χ3v) is 5.91. The number of aryl methyl sites for hydroxylation is 1. The van der Waals surface area contributed by atoms with E-state index in [1.807, 2.05) is 6.07 Å². The van der Waals surface area contributed by atoms with Crippen LogP contribution in [0.2, 0.25) is 0 Å². The van der Waals surface area contributed by atoms with Gasteiger partial charge in [0, 0.05) is 19.5 Å². The minimum absolute atomic E-state index is 0.0592. The molecule has 0 saturated carbocycles. The lowest BCUT2D eigenvalue weighted by molar-refractivity contribution is 0.0698. The molecule has 0 spiro atoms. The highest BCUT2D eigenvalue weighted by Crippen LogP contribution is 2.29. The molecule has 8 heteroatoms. The summed E-state index contributed by atoms with van der Waals surface area (Å²) in [6.45, 7) is 3.47. The maximum absolute atomic E-state index is 12.4. The van der Waals surface area contributed by atoms with Crippen molar-refractivity contribution in [1.29, 1.82) is 5.26 Å². The maximum Gasteiger partial charge on any atom is 0.347 e. The van der Waals surface area contributed by atoms with Gasteiger partial charge in [0.2, 0.25) is 10.0 Å². The van der Waals surface area contributed by atoms with Crippen LogP contribution in [0.5, 0.6) is 0 Å². The van der Waals surface area contributed by atoms with Gasteiger partial charge in [-0.2, -0.15) is 9.57 Å². The van der Waals surface area contributed by atoms with E-state index in [1.54, 1.807) is 13.8 Å². The number of carboxylic acid groups (broad SMARTS) is 1. The van der Waals surface area contributed by atoms with Crippen LogP contribution in [0.1, 0.15) is 28.6 Å². The summed E-state index contributed by atoms with van der Waals surface area (Å²) in [6.07, 6.45) is 0.0681. The van der Waals surface area contributed by atoms with Crippen molar-refractivity contribution < 1.29 is 18.3 Å². The van der Waals surface area contributed by atoms with Crippen LogP contribution in [-0.2, 0) is 10.0 Å². The Labute approximate surface area is 115 Å². The van der Waals surface area contributed by atoms with E-state index in [0.29, 0.717) is 5.56 Å². The molecular formula is C11H14N2O4S2. The Hall–Kier alpha value is -1.43. The molecule has 1 heterocycles. The molecule has 0 unspecified atom stereocenters. The van der Waals surface area contributed by atoms with E-state index >= 15 is 0 Å². The minimum Gasteiger partial charge on any atom is -0.477 e. The summed E-state index contributed by atoms with van der Waals surface area (Å²) in [7, 11) is -3.87. The fourth-order valence-corrected chi connectivity index (χ4v) is 4.69. The van der Waals surface area contributed by atoms with Gasteiger partial charge in [-0.15, -0.1) is 11.3 Å². The van der Waals surface area contributed by atoms with Crippen LogP contribution >= 0.6 is 11.3 Å². The number of nitriles is 1. The van der Waals surface area contributed by atoms with Gasteiger partial charge in [-0.1, -0.05) is 6.92 Å². The zero-order valence-electron chi connectivity index (χ0n) is 10.6. The third kappa shape index (κ3) is 3.12. The number of aromatic carboxylic acids is 1. The lowest BCUT2D eigenvalue weighted by Gasteiger charge is -2.19. The van der Waals surface area contributed by atoms with Crippen LogP contribution in [0, 0.1) is 18.3 Å². The average Bonchev–Trinajstić information content (AvgIpc) is 2.72. The molecule has 0 atom stereocenters. The molecule has 0 amide bonds. The molecule has 6 nitrogen and oxygen atoms in total. The molecule has 0 aliphatic carbocycles. The summed E-state index contributed by atoms with van der Waals surface area (Å²) >= 11 is 0.892. The highest BCUT2D eigenvalue weighted by atomic mass is 32.2. The van der Waals surface area contributed by atoms with Gasteiger partial charge >= 0.3 is 5.97 Å². The second-order valence-corrected chi connectivity index (χ2v) is 6.54. The van der Waals surface area contributed by atoms with Crippen LogP contribution in [0.3, 0.4) is 0 Å². The summed E-state index contributed by atoms with van der Waals surface area (Å²) in [4.78, 5) is 10.7. The standard InChI is InChI=1S/C11H14N2O4S2/c1-3-13(6-4-5-12)19(16,17)10-8(2)7-18-9(10)11(14)15/h7H,3-4,6H2,1-2H3,(H,14,15). The zero-order valence-corrected chi connectivity index (χ0v) is 12.2. The highest BCUT2D eigenvalue weighted by Gasteiger charge is 2.31. The quantitative estimate of drug-likeness (QED) is 0.862. The first-order valence-corrected chi connectivity index (χ1v) is 7.86. The van der Waals surface area contributed by atoms with Crippen molar-refractivity contribution in [3.05, 3.63) is 15.8 Å². The lowest BCUT2D eigenvalue weighted by Crippen LogP contribution is -2.32. The second kappa shape index (κ2) is 6.14. The topological polar surface area (TPSA) is 98.5 Å². The Kier molecular flexibility index (Phi) is 5.05. The molecule has 0 radical (unpaired) electrons. The van der Waals surface area contributed by atoms with Gasteiger partial charge in [-0.3, -0.25) is 0 Å². The largest absolute Gasteiger partial charge is 0.477 e. The molecule has 0 aromatic carbocycles. The van der Waals surface area contributed by atoms with Gasteiger partial charge in [-0.25, -0.2) is 13.2 Å². The molecule has 104 valence electrons. The van der Waals surface area contributed by atoms with Crippen LogP contribution in [0.4, 0.5) is 0 Å². The Morgan fingerprint density at radius 2 is 2.21 bits per heavy atom. The predicted molar refractivity (Wildman–Crippen MR) is 70.7 cm³/mol. The molecule has 0 saturated heterocycles. The molecule has 1 aromatic heterocycles. The summed E-state index contributed by atoms with van der Waals surface area (Å²) in [5.74, 6) is -1.26. The van der Waals surface area contributed by atoms with Gasteiger partial charge in [0.25, 0.3) is 0 Å². The van der Waals surface area contributed by atoms with E-state index in [4.69, 9.17) is 10.4 Å². The Morgan fingerprint density at radius 1 is 1.58 bits per heavy atom. The number of rotatable bonds is 6. The van der Waals surface area contributed by atoms with E-state index in [9.17, 15) is 13.2 Å². The highest BCUT2D eigenvalue weighted by molar-refractivity contribution is 7.89. The fraction of sp³-hybridized carbons (Fsp3) is 0.455. The van der Waals surface area contributed by atoms with Crippen LogP contribution in [-0.4, -0.2) is 36.9 Å². The Bertz CT molecular complexity index is 613. The van der Waals surface area contributed by atoms with Crippen molar-refractivity contribution in [1.82, 2.24) is 4.31 Å². The molecule has 0 aliphatic rings. The van der Waals surface area contributed by atoms with Crippen molar-refractivity contribution in [3.63, 3.8) is 0 Å². The van der Waals surface area contributed by atoms with Crippen LogP contribution < -0.4 is 0 Å². The second-order valence-electron chi connectivity index (χ2n) is 3.79. The Morgan fingerprint density at radius 3 is 2.68 bits per heavy atom. The lowest BCUT2D eigenvalue weighted by atomic mass is 10.3. The number of carboxylic acids is 1.